The van der Waals surface area contributed by atoms with Crippen LogP contribution in [0.15, 0.2) is 44.3 Å². The largest absolute Gasteiger partial charge is 0.468 e. The molecule has 0 aliphatic heterocycles. The van der Waals surface area contributed by atoms with Crippen LogP contribution < -0.4 is 4.72 Å². The molecule has 0 fully saturated rings. The van der Waals surface area contributed by atoms with Crippen molar-refractivity contribution in [3.63, 3.8) is 0 Å². The maximum absolute atomic E-state index is 13.7. The summed E-state index contributed by atoms with van der Waals surface area (Å²) in [5, 5.41) is 0. The zero-order valence-corrected chi connectivity index (χ0v) is 12.6. The molecule has 0 aliphatic rings. The predicted molar refractivity (Wildman–Crippen MR) is 71.5 cm³/mol. The van der Waals surface area contributed by atoms with E-state index in [1.807, 2.05) is 0 Å². The third-order valence-electron chi connectivity index (χ3n) is 2.53. The van der Waals surface area contributed by atoms with Crippen molar-refractivity contribution in [2.75, 3.05) is 0 Å². The summed E-state index contributed by atoms with van der Waals surface area (Å²) >= 11 is 2.85. The number of furan rings is 1. The van der Waals surface area contributed by atoms with Crippen LogP contribution in [0.1, 0.15) is 18.7 Å². The molecule has 1 heterocycles. The molecule has 20 heavy (non-hydrogen) atoms. The summed E-state index contributed by atoms with van der Waals surface area (Å²) in [5.74, 6) is -1.66. The molecule has 4 nitrogen and oxygen atoms in total. The van der Waals surface area contributed by atoms with Gasteiger partial charge in [0.05, 0.1) is 12.3 Å². The molecule has 0 saturated heterocycles. The third kappa shape index (κ3) is 3.08. The van der Waals surface area contributed by atoms with Gasteiger partial charge in [-0.25, -0.2) is 21.9 Å². The smallest absolute Gasteiger partial charge is 0.245 e. The van der Waals surface area contributed by atoms with Gasteiger partial charge in [0.15, 0.2) is 0 Å². The summed E-state index contributed by atoms with van der Waals surface area (Å²) in [6.45, 7) is 1.55. The molecule has 108 valence electrons. The van der Waals surface area contributed by atoms with Crippen LogP contribution in [-0.4, -0.2) is 8.42 Å². The Labute approximate surface area is 123 Å². The van der Waals surface area contributed by atoms with Crippen molar-refractivity contribution in [3.8, 4) is 0 Å². The lowest BCUT2D eigenvalue weighted by Crippen LogP contribution is -2.27. The van der Waals surface area contributed by atoms with Gasteiger partial charge < -0.3 is 4.42 Å². The zero-order valence-electron chi connectivity index (χ0n) is 10.2. The fraction of sp³-hybridized carbons (Fsp3) is 0.167. The minimum absolute atomic E-state index is 0.186. The average Bonchev–Trinajstić information content (AvgIpc) is 2.78. The van der Waals surface area contributed by atoms with Crippen LogP contribution in [0.4, 0.5) is 8.78 Å². The number of sulfonamides is 1. The first-order valence-corrected chi connectivity index (χ1v) is 7.79. The summed E-state index contributed by atoms with van der Waals surface area (Å²) < 4.78 is 58.1. The molecule has 1 aromatic carbocycles. The number of benzene rings is 1. The van der Waals surface area contributed by atoms with Gasteiger partial charge in [0.1, 0.15) is 22.3 Å². The van der Waals surface area contributed by atoms with Crippen molar-refractivity contribution < 1.29 is 21.6 Å². The standard InChI is InChI=1S/C12H10BrF2NO3S/c1-7(11-3-2-4-19-11)16-20(17,18)12-9(13)5-8(14)6-10(12)15/h2-7,16H,1H3. The van der Waals surface area contributed by atoms with Gasteiger partial charge in [-0.2, -0.15) is 0 Å². The number of nitrogens with one attached hydrogen (secondary N) is 1. The lowest BCUT2D eigenvalue weighted by Gasteiger charge is -2.13. The van der Waals surface area contributed by atoms with Crippen molar-refractivity contribution in [1.82, 2.24) is 4.72 Å². The van der Waals surface area contributed by atoms with Crippen LogP contribution >= 0.6 is 15.9 Å². The molecule has 0 radical (unpaired) electrons. The Kier molecular flexibility index (Phi) is 4.26. The average molecular weight is 366 g/mol. The van der Waals surface area contributed by atoms with Crippen LogP contribution in [0.2, 0.25) is 0 Å². The predicted octanol–water partition coefficient (Wildman–Crippen LogP) is 3.36. The Morgan fingerprint density at radius 1 is 1.35 bits per heavy atom. The Bertz CT molecular complexity index is 693. The van der Waals surface area contributed by atoms with Gasteiger partial charge in [-0.3, -0.25) is 0 Å². The van der Waals surface area contributed by atoms with Crippen LogP contribution in [0.3, 0.4) is 0 Å². The van der Waals surface area contributed by atoms with E-state index in [1.54, 1.807) is 19.1 Å². The van der Waals surface area contributed by atoms with Gasteiger partial charge in [-0.15, -0.1) is 0 Å². The van der Waals surface area contributed by atoms with Crippen LogP contribution in [0.25, 0.3) is 0 Å². The van der Waals surface area contributed by atoms with Crippen molar-refractivity contribution in [1.29, 1.82) is 0 Å². The second-order valence-corrected chi connectivity index (χ2v) is 6.56. The van der Waals surface area contributed by atoms with E-state index in [9.17, 15) is 17.2 Å². The highest BCUT2D eigenvalue weighted by atomic mass is 79.9. The molecule has 0 spiro atoms. The number of hydrogen-bond donors (Lipinski definition) is 1. The minimum Gasteiger partial charge on any atom is -0.468 e. The van der Waals surface area contributed by atoms with Gasteiger partial charge in [0, 0.05) is 10.5 Å². The lowest BCUT2D eigenvalue weighted by molar-refractivity contribution is 0.457. The van der Waals surface area contributed by atoms with E-state index < -0.39 is 32.6 Å². The molecule has 0 saturated carbocycles. The van der Waals surface area contributed by atoms with E-state index in [-0.39, 0.29) is 4.47 Å². The summed E-state index contributed by atoms with van der Waals surface area (Å²) in [7, 11) is -4.16. The van der Waals surface area contributed by atoms with E-state index >= 15 is 0 Å². The summed E-state index contributed by atoms with van der Waals surface area (Å²) in [6.07, 6.45) is 1.40. The fourth-order valence-electron chi connectivity index (χ4n) is 1.67. The lowest BCUT2D eigenvalue weighted by atomic mass is 10.3. The summed E-state index contributed by atoms with van der Waals surface area (Å²) in [6, 6.07) is 3.90. The quantitative estimate of drug-likeness (QED) is 0.903. The Balaban J connectivity index is 2.37. The van der Waals surface area contributed by atoms with Crippen molar-refractivity contribution in [2.24, 2.45) is 0 Å². The zero-order chi connectivity index (χ0) is 14.9. The van der Waals surface area contributed by atoms with Crippen LogP contribution in [0, 0.1) is 11.6 Å². The maximum Gasteiger partial charge on any atom is 0.245 e. The van der Waals surface area contributed by atoms with Crippen LogP contribution in [-0.2, 0) is 10.0 Å². The molecule has 1 N–H and O–H groups in total. The second kappa shape index (κ2) is 5.63. The van der Waals surface area contributed by atoms with E-state index in [1.165, 1.54) is 6.26 Å². The first kappa shape index (κ1) is 15.1. The maximum atomic E-state index is 13.7. The molecular formula is C12H10BrF2NO3S. The third-order valence-corrected chi connectivity index (χ3v) is 5.04. The Morgan fingerprint density at radius 2 is 2.05 bits per heavy atom. The first-order chi connectivity index (χ1) is 9.31. The SMILES string of the molecule is CC(NS(=O)(=O)c1c(F)cc(F)cc1Br)c1ccco1. The highest BCUT2D eigenvalue weighted by molar-refractivity contribution is 9.10. The van der Waals surface area contributed by atoms with E-state index in [0.29, 0.717) is 11.8 Å². The van der Waals surface area contributed by atoms with Crippen molar-refractivity contribution >= 4 is 26.0 Å². The van der Waals surface area contributed by atoms with Gasteiger partial charge in [-0.05, 0) is 41.1 Å². The Morgan fingerprint density at radius 3 is 2.60 bits per heavy atom. The van der Waals surface area contributed by atoms with Crippen LogP contribution in [0.5, 0.6) is 0 Å². The monoisotopic (exact) mass is 365 g/mol. The highest BCUT2D eigenvalue weighted by Gasteiger charge is 2.26. The molecule has 2 aromatic rings. The molecule has 1 atom stereocenters. The first-order valence-electron chi connectivity index (χ1n) is 5.51. The second-order valence-electron chi connectivity index (χ2n) is 4.06. The summed E-state index contributed by atoms with van der Waals surface area (Å²) in [4.78, 5) is -0.641. The normalized spacial score (nSPS) is 13.4. The van der Waals surface area contributed by atoms with Gasteiger partial charge in [-0.1, -0.05) is 0 Å². The van der Waals surface area contributed by atoms with Gasteiger partial charge in [0.25, 0.3) is 0 Å². The van der Waals surface area contributed by atoms with E-state index in [2.05, 4.69) is 20.7 Å². The topological polar surface area (TPSA) is 59.3 Å². The van der Waals surface area contributed by atoms with E-state index in [0.717, 1.165) is 6.07 Å². The molecule has 8 heteroatoms. The molecule has 0 aliphatic carbocycles. The number of halogens is 3. The number of rotatable bonds is 4. The molecule has 0 amide bonds. The summed E-state index contributed by atoms with van der Waals surface area (Å²) in [5.41, 5.74) is 0. The van der Waals surface area contributed by atoms with Crippen molar-refractivity contribution in [2.45, 2.75) is 17.9 Å². The van der Waals surface area contributed by atoms with Gasteiger partial charge >= 0.3 is 0 Å². The highest BCUT2D eigenvalue weighted by Crippen LogP contribution is 2.27. The minimum atomic E-state index is -4.16. The molecule has 1 unspecified atom stereocenters. The molecule has 0 bridgehead atoms. The van der Waals surface area contributed by atoms with E-state index in [4.69, 9.17) is 4.42 Å². The van der Waals surface area contributed by atoms with Gasteiger partial charge in [0.2, 0.25) is 10.0 Å². The fourth-order valence-corrected chi connectivity index (χ4v) is 4.05. The number of hydrogen-bond acceptors (Lipinski definition) is 3. The van der Waals surface area contributed by atoms with Crippen molar-refractivity contribution in [3.05, 3.63) is 52.4 Å². The Hall–Kier alpha value is -1.25. The molecule has 1 aromatic heterocycles. The molecule has 2 rings (SSSR count). The molecular weight excluding hydrogens is 356 g/mol.